The van der Waals surface area contributed by atoms with E-state index in [-0.39, 0.29) is 30.9 Å². The zero-order valence-corrected chi connectivity index (χ0v) is 19.9. The molecule has 2 aromatic carbocycles. The van der Waals surface area contributed by atoms with Crippen LogP contribution in [0.2, 0.25) is 5.02 Å². The molecule has 1 aliphatic rings. The van der Waals surface area contributed by atoms with Gasteiger partial charge in [-0.3, -0.25) is 0 Å². The number of nitrogens with two attached hydrogens (primary N) is 1. The second-order valence-electron chi connectivity index (χ2n) is 7.39. The average Bonchev–Trinajstić information content (AvgIpc) is 2.77. The van der Waals surface area contributed by atoms with Crippen molar-refractivity contribution >= 4 is 58.8 Å². The van der Waals surface area contributed by atoms with E-state index in [9.17, 15) is 5.26 Å². The number of rotatable bonds is 5. The summed E-state index contributed by atoms with van der Waals surface area (Å²) in [5.74, 6) is 2.10. The van der Waals surface area contributed by atoms with E-state index in [4.69, 9.17) is 22.1 Å². The fraction of sp³-hybridized carbons (Fsp3) is 0.318. The molecular weight excluding hydrogens is 471 g/mol. The maximum atomic E-state index is 9.37. The minimum absolute atomic E-state index is 0. The number of hydrogen-bond donors (Lipinski definition) is 2. The molecule has 7 nitrogen and oxygen atoms in total. The molecule has 0 amide bonds. The van der Waals surface area contributed by atoms with Crippen LogP contribution in [-0.2, 0) is 6.54 Å². The highest BCUT2D eigenvalue weighted by Crippen LogP contribution is 2.31. The van der Waals surface area contributed by atoms with Gasteiger partial charge in [-0.1, -0.05) is 17.7 Å². The van der Waals surface area contributed by atoms with Crippen molar-refractivity contribution < 1.29 is 4.74 Å². The van der Waals surface area contributed by atoms with E-state index < -0.39 is 0 Å². The van der Waals surface area contributed by atoms with E-state index in [1.54, 1.807) is 7.11 Å². The highest BCUT2D eigenvalue weighted by Gasteiger charge is 2.21. The number of nitrogens with zero attached hydrogens (tertiary/aromatic N) is 4. The first-order valence-corrected chi connectivity index (χ1v) is 10.2. The third kappa shape index (κ3) is 5.45. The summed E-state index contributed by atoms with van der Waals surface area (Å²) >= 11 is 6.23. The fourth-order valence-corrected chi connectivity index (χ4v) is 3.97. The molecule has 0 spiro atoms. The Bertz CT molecular complexity index is 1110. The van der Waals surface area contributed by atoms with Crippen LogP contribution in [0.3, 0.4) is 0 Å². The molecule has 10 heteroatoms. The van der Waals surface area contributed by atoms with Crippen molar-refractivity contribution in [1.82, 2.24) is 10.2 Å². The third-order valence-electron chi connectivity index (χ3n) is 5.40. The maximum Gasteiger partial charge on any atom is 0.159 e. The standard InChI is InChI=1S/C22H23ClN6O.2ClH/c1-30-20-5-3-15(11-19(20)23)13-26-21-18-10-14(12-24)2-4-17(18)22(28-27-21)29-8-6-16(25)7-9-29;;/h2-5,10-11,16H,6-9,13,25H2,1H3,(H,26,27);2*1H. The number of aromatic nitrogens is 2. The second kappa shape index (κ2) is 11.4. The molecule has 1 saturated heterocycles. The molecule has 1 fully saturated rings. The van der Waals surface area contributed by atoms with Crippen LogP contribution < -0.4 is 20.7 Å². The molecule has 0 saturated carbocycles. The number of piperidine rings is 1. The molecule has 0 bridgehead atoms. The minimum Gasteiger partial charge on any atom is -0.495 e. The van der Waals surface area contributed by atoms with Gasteiger partial charge in [-0.25, -0.2) is 0 Å². The molecule has 0 aliphatic carbocycles. The van der Waals surface area contributed by atoms with Crippen LogP contribution in [0.5, 0.6) is 5.75 Å². The summed E-state index contributed by atoms with van der Waals surface area (Å²) < 4.78 is 5.21. The van der Waals surface area contributed by atoms with E-state index in [1.165, 1.54) is 0 Å². The van der Waals surface area contributed by atoms with Gasteiger partial charge in [-0.05, 0) is 48.7 Å². The minimum atomic E-state index is 0. The van der Waals surface area contributed by atoms with Crippen molar-refractivity contribution in [3.8, 4) is 11.8 Å². The van der Waals surface area contributed by atoms with E-state index in [2.05, 4.69) is 26.5 Å². The number of benzene rings is 2. The quantitative estimate of drug-likeness (QED) is 0.535. The normalized spacial score (nSPS) is 13.6. The Balaban J connectivity index is 0.00000181. The highest BCUT2D eigenvalue weighted by atomic mass is 35.5. The molecule has 1 aromatic heterocycles. The van der Waals surface area contributed by atoms with Gasteiger partial charge in [0.2, 0.25) is 0 Å². The molecule has 3 N–H and O–H groups in total. The molecule has 0 atom stereocenters. The molecule has 3 aromatic rings. The lowest BCUT2D eigenvalue weighted by Crippen LogP contribution is -2.40. The van der Waals surface area contributed by atoms with E-state index in [0.717, 1.165) is 48.1 Å². The zero-order chi connectivity index (χ0) is 21.1. The molecule has 32 heavy (non-hydrogen) atoms. The van der Waals surface area contributed by atoms with Crippen LogP contribution in [0.15, 0.2) is 36.4 Å². The summed E-state index contributed by atoms with van der Waals surface area (Å²) in [6.45, 7) is 2.21. The van der Waals surface area contributed by atoms with E-state index in [1.807, 2.05) is 36.4 Å². The molecular formula is C22H25Cl3N6O. The van der Waals surface area contributed by atoms with Gasteiger partial charge in [-0.2, -0.15) is 5.26 Å². The van der Waals surface area contributed by atoms with Crippen LogP contribution in [0.1, 0.15) is 24.0 Å². The molecule has 1 aliphatic heterocycles. The summed E-state index contributed by atoms with van der Waals surface area (Å²) in [7, 11) is 1.59. The number of hydrogen-bond acceptors (Lipinski definition) is 7. The second-order valence-corrected chi connectivity index (χ2v) is 7.80. The third-order valence-corrected chi connectivity index (χ3v) is 5.70. The lowest BCUT2D eigenvalue weighted by atomic mass is 10.0. The van der Waals surface area contributed by atoms with Crippen molar-refractivity contribution in [3.05, 3.63) is 52.5 Å². The molecule has 2 heterocycles. The Morgan fingerprint density at radius 2 is 1.91 bits per heavy atom. The Morgan fingerprint density at radius 3 is 2.56 bits per heavy atom. The van der Waals surface area contributed by atoms with Gasteiger partial charge >= 0.3 is 0 Å². The van der Waals surface area contributed by atoms with Crippen molar-refractivity contribution in [2.75, 3.05) is 30.4 Å². The molecule has 170 valence electrons. The first-order valence-electron chi connectivity index (χ1n) is 9.86. The number of nitriles is 1. The Kier molecular flexibility index (Phi) is 9.17. The SMILES string of the molecule is COc1ccc(CNc2nnc(N3CCC(N)CC3)c3ccc(C#N)cc23)cc1Cl.Cl.Cl. The summed E-state index contributed by atoms with van der Waals surface area (Å²) in [4.78, 5) is 2.22. The van der Waals surface area contributed by atoms with Crippen LogP contribution in [-0.4, -0.2) is 36.4 Å². The van der Waals surface area contributed by atoms with Gasteiger partial charge in [0.15, 0.2) is 11.6 Å². The van der Waals surface area contributed by atoms with Gasteiger partial charge in [-0.15, -0.1) is 35.0 Å². The van der Waals surface area contributed by atoms with Crippen molar-refractivity contribution in [2.24, 2.45) is 5.73 Å². The Hall–Kier alpha value is -2.50. The first-order chi connectivity index (χ1) is 14.6. The Morgan fingerprint density at radius 1 is 1.16 bits per heavy atom. The summed E-state index contributed by atoms with van der Waals surface area (Å²) in [6, 6.07) is 13.7. The lowest BCUT2D eigenvalue weighted by molar-refractivity contribution is 0.415. The smallest absolute Gasteiger partial charge is 0.159 e. The maximum absolute atomic E-state index is 9.37. The number of fused-ring (bicyclic) bond motifs is 1. The highest BCUT2D eigenvalue weighted by molar-refractivity contribution is 6.32. The van der Waals surface area contributed by atoms with Crippen molar-refractivity contribution in [3.63, 3.8) is 0 Å². The van der Waals surface area contributed by atoms with Crippen LogP contribution in [0.4, 0.5) is 11.6 Å². The van der Waals surface area contributed by atoms with Crippen molar-refractivity contribution in [2.45, 2.75) is 25.4 Å². The summed E-state index contributed by atoms with van der Waals surface area (Å²) in [5.41, 5.74) is 7.62. The number of nitrogens with one attached hydrogen (secondary N) is 1. The molecule has 0 radical (unpaired) electrons. The largest absolute Gasteiger partial charge is 0.495 e. The van der Waals surface area contributed by atoms with Crippen LogP contribution in [0.25, 0.3) is 10.8 Å². The van der Waals surface area contributed by atoms with Crippen LogP contribution in [0, 0.1) is 11.3 Å². The molecule has 0 unspecified atom stereocenters. The fourth-order valence-electron chi connectivity index (χ4n) is 3.69. The predicted octanol–water partition coefficient (Wildman–Crippen LogP) is 4.55. The lowest BCUT2D eigenvalue weighted by Gasteiger charge is -2.31. The topological polar surface area (TPSA) is 100 Å². The zero-order valence-electron chi connectivity index (χ0n) is 17.5. The Labute approximate surface area is 204 Å². The number of ether oxygens (including phenoxy) is 1. The monoisotopic (exact) mass is 494 g/mol. The van der Waals surface area contributed by atoms with Gasteiger partial charge in [0.25, 0.3) is 0 Å². The van der Waals surface area contributed by atoms with E-state index in [0.29, 0.717) is 28.7 Å². The number of anilines is 2. The van der Waals surface area contributed by atoms with Gasteiger partial charge in [0, 0.05) is 36.4 Å². The van der Waals surface area contributed by atoms with Crippen molar-refractivity contribution in [1.29, 1.82) is 5.26 Å². The number of halogens is 3. The summed E-state index contributed by atoms with van der Waals surface area (Å²) in [6.07, 6.45) is 1.86. The van der Waals surface area contributed by atoms with Gasteiger partial charge < -0.3 is 20.7 Å². The van der Waals surface area contributed by atoms with Gasteiger partial charge in [0.05, 0.1) is 23.8 Å². The first kappa shape index (κ1) is 25.8. The predicted molar refractivity (Wildman–Crippen MR) is 134 cm³/mol. The van der Waals surface area contributed by atoms with Crippen LogP contribution >= 0.6 is 36.4 Å². The number of methoxy groups -OCH3 is 1. The van der Waals surface area contributed by atoms with Gasteiger partial charge in [0.1, 0.15) is 5.75 Å². The van der Waals surface area contributed by atoms with E-state index >= 15 is 0 Å². The average molecular weight is 496 g/mol. The summed E-state index contributed by atoms with van der Waals surface area (Å²) in [5, 5.41) is 24.1. The molecule has 4 rings (SSSR count).